The van der Waals surface area contributed by atoms with Gasteiger partial charge in [-0.15, -0.1) is 11.6 Å². The second-order valence-electron chi connectivity index (χ2n) is 1.12. The van der Waals surface area contributed by atoms with Crippen molar-refractivity contribution < 1.29 is 4.39 Å². The molecule has 44 valence electrons. The number of hydrogen-bond acceptors (Lipinski definition) is 0. The van der Waals surface area contributed by atoms with E-state index in [1.165, 1.54) is 0 Å². The largest absolute Gasteiger partial charge is 0.248 e. The van der Waals surface area contributed by atoms with Gasteiger partial charge in [0, 0.05) is 0 Å². The van der Waals surface area contributed by atoms with E-state index in [2.05, 4.69) is 0 Å². The fourth-order valence-corrected chi connectivity index (χ4v) is 0.107. The summed E-state index contributed by atoms with van der Waals surface area (Å²) in [4.78, 5) is 0. The fourth-order valence-electron chi connectivity index (χ4n) is 0.0357. The zero-order chi connectivity index (χ0) is 5.91. The van der Waals surface area contributed by atoms with E-state index in [9.17, 15) is 4.39 Å². The van der Waals surface area contributed by atoms with Crippen LogP contribution in [-0.4, -0.2) is 16.9 Å². The maximum Gasteiger partial charge on any atom is 0.159 e. The summed E-state index contributed by atoms with van der Waals surface area (Å²) in [6, 6.07) is 0. The van der Waals surface area contributed by atoms with E-state index in [0.29, 0.717) is 0 Å². The molecule has 0 N–H and O–H groups in total. The molecule has 0 aliphatic rings. The molecule has 0 aromatic carbocycles. The Bertz CT molecular complexity index is 48.1. The molecule has 0 rings (SSSR count). The number of rotatable bonds is 2. The highest BCUT2D eigenvalue weighted by Crippen LogP contribution is 2.22. The lowest BCUT2D eigenvalue weighted by atomic mass is 10.5. The molecule has 0 unspecified atom stereocenters. The Morgan fingerprint density at radius 2 is 1.86 bits per heavy atom. The smallest absolute Gasteiger partial charge is 0.159 e. The molecule has 0 saturated carbocycles. The Balaban J connectivity index is 3.36. The zero-order valence-corrected chi connectivity index (χ0v) is 5.69. The van der Waals surface area contributed by atoms with Gasteiger partial charge in [0.05, 0.1) is 5.88 Å². The molecule has 0 aromatic rings. The summed E-state index contributed by atoms with van der Waals surface area (Å²) in [5, 5.41) is 0. The Morgan fingerprint density at radius 1 is 1.43 bits per heavy atom. The lowest BCUT2D eigenvalue weighted by molar-refractivity contribution is 0.472. The first kappa shape index (κ1) is 7.80. The summed E-state index contributed by atoms with van der Waals surface area (Å²) in [6.07, 6.45) is 0. The van der Waals surface area contributed by atoms with E-state index >= 15 is 0 Å². The van der Waals surface area contributed by atoms with Crippen molar-refractivity contribution in [3.05, 3.63) is 0 Å². The van der Waals surface area contributed by atoms with Crippen molar-refractivity contribution >= 4 is 34.8 Å². The molecule has 0 amide bonds. The Hall–Kier alpha value is 0.800. The van der Waals surface area contributed by atoms with E-state index in [4.69, 9.17) is 34.8 Å². The third-order valence-corrected chi connectivity index (χ3v) is 1.59. The van der Waals surface area contributed by atoms with Gasteiger partial charge >= 0.3 is 0 Å². The van der Waals surface area contributed by atoms with Gasteiger partial charge < -0.3 is 0 Å². The van der Waals surface area contributed by atoms with Crippen LogP contribution in [0.25, 0.3) is 0 Å². The predicted octanol–water partition coefficient (Wildman–Crippen LogP) is 2.37. The van der Waals surface area contributed by atoms with Gasteiger partial charge in [0.2, 0.25) is 0 Å². The zero-order valence-electron chi connectivity index (χ0n) is 3.43. The van der Waals surface area contributed by atoms with Crippen LogP contribution in [0.5, 0.6) is 0 Å². The van der Waals surface area contributed by atoms with Crippen LogP contribution >= 0.6 is 34.8 Å². The van der Waals surface area contributed by atoms with Gasteiger partial charge in [0.15, 0.2) is 4.33 Å². The average molecular weight is 165 g/mol. The van der Waals surface area contributed by atoms with Gasteiger partial charge in [-0.05, 0) is 0 Å². The molecule has 7 heavy (non-hydrogen) atoms. The van der Waals surface area contributed by atoms with Crippen molar-refractivity contribution in [2.45, 2.75) is 4.33 Å². The molecular formula is C3H4Cl3F. The molecule has 0 nitrogen and oxygen atoms in total. The number of halogens is 4. The van der Waals surface area contributed by atoms with Crippen molar-refractivity contribution in [2.75, 3.05) is 12.6 Å². The van der Waals surface area contributed by atoms with Crippen molar-refractivity contribution in [1.82, 2.24) is 0 Å². The van der Waals surface area contributed by atoms with Gasteiger partial charge in [-0.3, -0.25) is 0 Å². The van der Waals surface area contributed by atoms with Crippen LogP contribution in [0.15, 0.2) is 0 Å². The maximum absolute atomic E-state index is 11.4. The van der Waals surface area contributed by atoms with E-state index in [0.717, 1.165) is 0 Å². The van der Waals surface area contributed by atoms with Gasteiger partial charge in [-0.25, -0.2) is 4.39 Å². The normalized spacial score (nSPS) is 12.0. The molecule has 0 radical (unpaired) electrons. The maximum atomic E-state index is 11.4. The quantitative estimate of drug-likeness (QED) is 0.551. The molecule has 0 saturated heterocycles. The molecule has 0 bridgehead atoms. The highest BCUT2D eigenvalue weighted by molar-refractivity contribution is 6.51. The van der Waals surface area contributed by atoms with Crippen LogP contribution in [0, 0.1) is 0 Å². The van der Waals surface area contributed by atoms with Crippen molar-refractivity contribution in [1.29, 1.82) is 0 Å². The molecule has 0 heterocycles. The second kappa shape index (κ2) is 2.95. The summed E-state index contributed by atoms with van der Waals surface area (Å²) in [6.45, 7) is -0.806. The van der Waals surface area contributed by atoms with Crippen molar-refractivity contribution in [3.63, 3.8) is 0 Å². The standard InChI is InChI=1S/C3H4Cl3F/c4-1-3(5,6)2-7/h1-2H2. The molecule has 0 atom stereocenters. The third-order valence-electron chi connectivity index (χ3n) is 0.391. The topological polar surface area (TPSA) is 0 Å². The van der Waals surface area contributed by atoms with Crippen LogP contribution in [0.1, 0.15) is 0 Å². The molecule has 0 fully saturated rings. The minimum atomic E-state index is -1.37. The first-order valence-corrected chi connectivity index (χ1v) is 2.91. The van der Waals surface area contributed by atoms with Gasteiger partial charge in [-0.2, -0.15) is 0 Å². The van der Waals surface area contributed by atoms with Crippen LogP contribution in [0.4, 0.5) is 4.39 Å². The Morgan fingerprint density at radius 3 is 1.86 bits per heavy atom. The van der Waals surface area contributed by atoms with Gasteiger partial charge in [-0.1, -0.05) is 23.2 Å². The van der Waals surface area contributed by atoms with E-state index in [1.54, 1.807) is 0 Å². The minimum absolute atomic E-state index is 0.0768. The monoisotopic (exact) mass is 164 g/mol. The molecular weight excluding hydrogens is 161 g/mol. The summed E-state index contributed by atoms with van der Waals surface area (Å²) in [7, 11) is 0. The minimum Gasteiger partial charge on any atom is -0.248 e. The van der Waals surface area contributed by atoms with Crippen molar-refractivity contribution in [2.24, 2.45) is 0 Å². The second-order valence-corrected chi connectivity index (χ2v) is 3.03. The number of hydrogen-bond donors (Lipinski definition) is 0. The van der Waals surface area contributed by atoms with E-state index in [-0.39, 0.29) is 5.88 Å². The summed E-state index contributed by atoms with van der Waals surface area (Å²) in [5.41, 5.74) is 0. The van der Waals surface area contributed by atoms with Crippen molar-refractivity contribution in [3.8, 4) is 0 Å². The summed E-state index contributed by atoms with van der Waals surface area (Å²) >= 11 is 15.4. The highest BCUT2D eigenvalue weighted by Gasteiger charge is 2.21. The molecule has 0 spiro atoms. The fraction of sp³-hybridized carbons (Fsp3) is 1.00. The van der Waals surface area contributed by atoms with Crippen LogP contribution < -0.4 is 0 Å². The van der Waals surface area contributed by atoms with Crippen LogP contribution in [0.3, 0.4) is 0 Å². The first-order chi connectivity index (χ1) is 3.12. The summed E-state index contributed by atoms with van der Waals surface area (Å²) < 4.78 is 10.0. The Kier molecular flexibility index (Phi) is 3.29. The molecule has 4 heteroatoms. The molecule has 0 aliphatic heterocycles. The van der Waals surface area contributed by atoms with E-state index in [1.807, 2.05) is 0 Å². The van der Waals surface area contributed by atoms with Crippen LogP contribution in [0.2, 0.25) is 0 Å². The molecule has 0 aromatic heterocycles. The first-order valence-electron chi connectivity index (χ1n) is 1.62. The average Bonchev–Trinajstić information content (AvgIpc) is 1.68. The van der Waals surface area contributed by atoms with Crippen LogP contribution in [-0.2, 0) is 0 Å². The lowest BCUT2D eigenvalue weighted by Gasteiger charge is -2.07. The predicted molar refractivity (Wildman–Crippen MR) is 31.1 cm³/mol. The number of alkyl halides is 4. The van der Waals surface area contributed by atoms with E-state index < -0.39 is 11.0 Å². The molecule has 0 aliphatic carbocycles. The SMILES string of the molecule is FCC(Cl)(Cl)CCl. The highest BCUT2D eigenvalue weighted by atomic mass is 35.5. The lowest BCUT2D eigenvalue weighted by Crippen LogP contribution is -2.16. The van der Waals surface area contributed by atoms with Gasteiger partial charge in [0.25, 0.3) is 0 Å². The van der Waals surface area contributed by atoms with Gasteiger partial charge in [0.1, 0.15) is 6.67 Å². The summed E-state index contributed by atoms with van der Waals surface area (Å²) in [5.74, 6) is -0.0768. The Labute approximate surface area is 56.5 Å². The third kappa shape index (κ3) is 3.39.